The zero-order valence-electron chi connectivity index (χ0n) is 13.1. The molecule has 7 nitrogen and oxygen atoms in total. The highest BCUT2D eigenvalue weighted by Crippen LogP contribution is 2.34. The highest BCUT2D eigenvalue weighted by Gasteiger charge is 2.32. The number of hydrogen-bond donors (Lipinski definition) is 2. The molecule has 0 amide bonds. The Bertz CT molecular complexity index is 1040. The summed E-state index contributed by atoms with van der Waals surface area (Å²) in [6, 6.07) is 5.81. The van der Waals surface area contributed by atoms with Crippen molar-refractivity contribution in [3.8, 4) is 17.0 Å². The van der Waals surface area contributed by atoms with Crippen molar-refractivity contribution in [1.29, 1.82) is 0 Å². The fourth-order valence-corrected chi connectivity index (χ4v) is 2.10. The summed E-state index contributed by atoms with van der Waals surface area (Å²) >= 11 is 11.0. The lowest BCUT2D eigenvalue weighted by atomic mass is 10.1. The summed E-state index contributed by atoms with van der Waals surface area (Å²) in [5.74, 6) is -0.477. The number of nitrogens with zero attached hydrogens (tertiary/aromatic N) is 2. The molecular formula is C15H9Cl2F3N4O3. The van der Waals surface area contributed by atoms with E-state index >= 15 is 0 Å². The first-order valence-electron chi connectivity index (χ1n) is 6.95. The number of ether oxygens (including phenoxy) is 1. The van der Waals surface area contributed by atoms with Crippen molar-refractivity contribution in [1.82, 2.24) is 19.9 Å². The van der Waals surface area contributed by atoms with E-state index in [2.05, 4.69) is 24.7 Å². The minimum absolute atomic E-state index is 0.0177. The van der Waals surface area contributed by atoms with Gasteiger partial charge in [-0.15, -0.1) is 13.2 Å². The number of alkyl halides is 3. The quantitative estimate of drug-likeness (QED) is 0.618. The lowest BCUT2D eigenvalue weighted by molar-refractivity contribution is -0.274. The number of benzene rings is 1. The fourth-order valence-electron chi connectivity index (χ4n) is 1.78. The third-order valence-electron chi connectivity index (χ3n) is 2.77. The number of halogens is 5. The molecule has 0 aliphatic rings. The second-order valence-corrected chi connectivity index (χ2v) is 5.54. The normalized spacial score (nSPS) is 10.7. The predicted octanol–water partition coefficient (Wildman–Crippen LogP) is 3.41. The first-order valence-corrected chi connectivity index (χ1v) is 7.70. The molecule has 0 unspecified atom stereocenters. The van der Waals surface area contributed by atoms with Crippen LogP contribution in [0.3, 0.4) is 0 Å². The summed E-state index contributed by atoms with van der Waals surface area (Å²) in [5.41, 5.74) is -0.714. The molecule has 0 spiro atoms. The number of rotatable bonds is 2. The molecule has 0 saturated heterocycles. The second-order valence-electron chi connectivity index (χ2n) is 4.72. The fraction of sp³-hybridized carbons (Fsp3) is 0.0667. The van der Waals surface area contributed by atoms with E-state index in [1.54, 1.807) is 0 Å². The molecule has 2 N–H and O–H groups in total. The van der Waals surface area contributed by atoms with E-state index in [0.717, 1.165) is 18.5 Å². The van der Waals surface area contributed by atoms with Gasteiger partial charge in [0.05, 0.1) is 18.3 Å². The highest BCUT2D eigenvalue weighted by molar-refractivity contribution is 6.31. The summed E-state index contributed by atoms with van der Waals surface area (Å²) in [4.78, 5) is 33.4. The molecule has 0 atom stereocenters. The number of nitrogens with one attached hydrogen (secondary N) is 2. The maximum Gasteiger partial charge on any atom is 0.573 e. The van der Waals surface area contributed by atoms with Crippen LogP contribution < -0.4 is 15.9 Å². The summed E-state index contributed by atoms with van der Waals surface area (Å²) in [5, 5.41) is 0.417. The Balaban J connectivity index is 0.000000273. The van der Waals surface area contributed by atoms with Crippen molar-refractivity contribution in [3.05, 3.63) is 73.9 Å². The van der Waals surface area contributed by atoms with Gasteiger partial charge in [-0.2, -0.15) is 0 Å². The molecular weight excluding hydrogens is 412 g/mol. The Kier molecular flexibility index (Phi) is 6.59. The lowest BCUT2D eigenvalue weighted by Crippen LogP contribution is -2.18. The van der Waals surface area contributed by atoms with Crippen molar-refractivity contribution in [2.45, 2.75) is 6.36 Å². The summed E-state index contributed by atoms with van der Waals surface area (Å²) < 4.78 is 40.7. The summed E-state index contributed by atoms with van der Waals surface area (Å²) in [6.07, 6.45) is -2.51. The molecule has 2 heterocycles. The highest BCUT2D eigenvalue weighted by atomic mass is 35.5. The van der Waals surface area contributed by atoms with E-state index in [4.69, 9.17) is 23.2 Å². The van der Waals surface area contributed by atoms with Crippen LogP contribution in [0.1, 0.15) is 0 Å². The van der Waals surface area contributed by atoms with E-state index in [1.807, 2.05) is 0 Å². The predicted molar refractivity (Wildman–Crippen MR) is 91.9 cm³/mol. The van der Waals surface area contributed by atoms with Crippen LogP contribution in [-0.4, -0.2) is 26.3 Å². The molecule has 142 valence electrons. The van der Waals surface area contributed by atoms with Gasteiger partial charge in [0.2, 0.25) is 0 Å². The Labute approximate surface area is 158 Å². The molecule has 3 aromatic rings. The second kappa shape index (κ2) is 8.69. The minimum atomic E-state index is -4.84. The molecule has 0 aliphatic carbocycles. The molecule has 0 aliphatic heterocycles. The zero-order valence-corrected chi connectivity index (χ0v) is 14.6. The number of hydrogen-bond acceptors (Lipinski definition) is 5. The Hall–Kier alpha value is -2.85. The number of aromatic nitrogens is 4. The average Bonchev–Trinajstić information content (AvgIpc) is 2.56. The van der Waals surface area contributed by atoms with Gasteiger partial charge in [-0.25, -0.2) is 9.97 Å². The molecule has 3 rings (SSSR count). The van der Waals surface area contributed by atoms with Gasteiger partial charge in [0.25, 0.3) is 11.1 Å². The van der Waals surface area contributed by atoms with Crippen LogP contribution in [0.5, 0.6) is 5.75 Å². The average molecular weight is 421 g/mol. The van der Waals surface area contributed by atoms with E-state index in [9.17, 15) is 22.8 Å². The third kappa shape index (κ3) is 6.76. The van der Waals surface area contributed by atoms with Gasteiger partial charge in [-0.3, -0.25) is 9.59 Å². The van der Waals surface area contributed by atoms with Crippen LogP contribution >= 0.6 is 23.2 Å². The van der Waals surface area contributed by atoms with E-state index < -0.39 is 17.7 Å². The maximum absolute atomic E-state index is 12.3. The molecule has 0 bridgehead atoms. The standard InChI is InChI=1S/C11H6ClF3N2O2.C4H3ClN2O/c12-6-1-2-9(19-11(13,14)15)7(3-6)8-4-10(18)17-5-16-8;5-3-1-4(8)7-2-6-3/h1-5H,(H,16,17,18);1-2H,(H,6,7,8). The smallest absolute Gasteiger partial charge is 0.405 e. The first-order chi connectivity index (χ1) is 12.6. The van der Waals surface area contributed by atoms with Crippen LogP contribution in [0, 0.1) is 0 Å². The van der Waals surface area contributed by atoms with Crippen molar-refractivity contribution in [2.24, 2.45) is 0 Å². The molecule has 1 aromatic carbocycles. The van der Waals surface area contributed by atoms with Gasteiger partial charge >= 0.3 is 6.36 Å². The van der Waals surface area contributed by atoms with E-state index in [1.165, 1.54) is 24.5 Å². The number of aromatic amines is 2. The lowest BCUT2D eigenvalue weighted by Gasteiger charge is -2.13. The van der Waals surface area contributed by atoms with Gasteiger partial charge in [0.15, 0.2) is 0 Å². The number of H-pyrrole nitrogens is 2. The molecule has 0 radical (unpaired) electrons. The molecule has 0 fully saturated rings. The monoisotopic (exact) mass is 420 g/mol. The topological polar surface area (TPSA) is 101 Å². The van der Waals surface area contributed by atoms with E-state index in [-0.39, 0.29) is 27.0 Å². The van der Waals surface area contributed by atoms with Crippen LogP contribution in [0.25, 0.3) is 11.3 Å². The van der Waals surface area contributed by atoms with Crippen molar-refractivity contribution < 1.29 is 17.9 Å². The molecule has 2 aromatic heterocycles. The van der Waals surface area contributed by atoms with Gasteiger partial charge in [0, 0.05) is 22.7 Å². The van der Waals surface area contributed by atoms with Crippen LogP contribution in [0.2, 0.25) is 10.2 Å². The summed E-state index contributed by atoms with van der Waals surface area (Å²) in [6.45, 7) is 0. The third-order valence-corrected chi connectivity index (χ3v) is 3.21. The van der Waals surface area contributed by atoms with Gasteiger partial charge in [-0.1, -0.05) is 23.2 Å². The van der Waals surface area contributed by atoms with Gasteiger partial charge in [-0.05, 0) is 18.2 Å². The largest absolute Gasteiger partial charge is 0.573 e. The Morgan fingerprint density at radius 3 is 2.07 bits per heavy atom. The molecule has 27 heavy (non-hydrogen) atoms. The van der Waals surface area contributed by atoms with Crippen molar-refractivity contribution in [3.63, 3.8) is 0 Å². The first kappa shape index (κ1) is 20.5. The Morgan fingerprint density at radius 2 is 1.56 bits per heavy atom. The zero-order chi connectivity index (χ0) is 20.0. The van der Waals surface area contributed by atoms with Crippen LogP contribution in [0.15, 0.2) is 52.6 Å². The molecule has 0 saturated carbocycles. The maximum atomic E-state index is 12.3. The summed E-state index contributed by atoms with van der Waals surface area (Å²) in [7, 11) is 0. The Morgan fingerprint density at radius 1 is 0.926 bits per heavy atom. The van der Waals surface area contributed by atoms with Crippen molar-refractivity contribution in [2.75, 3.05) is 0 Å². The van der Waals surface area contributed by atoms with Crippen molar-refractivity contribution >= 4 is 23.2 Å². The van der Waals surface area contributed by atoms with Gasteiger partial charge in [0.1, 0.15) is 10.9 Å². The van der Waals surface area contributed by atoms with E-state index in [0.29, 0.717) is 0 Å². The minimum Gasteiger partial charge on any atom is -0.405 e. The van der Waals surface area contributed by atoms with Crippen LogP contribution in [-0.2, 0) is 0 Å². The van der Waals surface area contributed by atoms with Gasteiger partial charge < -0.3 is 14.7 Å². The SMILES string of the molecule is O=c1cc(-c2cc(Cl)ccc2OC(F)(F)F)nc[nH]1.O=c1cc(Cl)nc[nH]1. The van der Waals surface area contributed by atoms with Crippen LogP contribution in [0.4, 0.5) is 13.2 Å². The molecule has 12 heteroatoms.